The molecule has 0 fully saturated rings. The number of thiol groups is 1. The van der Waals surface area contributed by atoms with Crippen molar-refractivity contribution in [2.75, 3.05) is 6.26 Å². The minimum atomic E-state index is 1.13. The van der Waals surface area contributed by atoms with Gasteiger partial charge in [-0.25, -0.2) is 0 Å². The Bertz CT molecular complexity index is 443. The van der Waals surface area contributed by atoms with Gasteiger partial charge in [0.05, 0.1) is 0 Å². The van der Waals surface area contributed by atoms with E-state index in [0.717, 1.165) is 4.90 Å². The highest BCUT2D eigenvalue weighted by Gasteiger charge is 2.06. The highest BCUT2D eigenvalue weighted by molar-refractivity contribution is 7.99. The van der Waals surface area contributed by atoms with Crippen molar-refractivity contribution in [3.05, 3.63) is 23.1 Å². The smallest absolute Gasteiger partial charge is 0.0490 e. The number of thiophene rings is 1. The number of hydrogen-bond acceptors (Lipinski definition) is 3. The molecule has 1 aromatic carbocycles. The van der Waals surface area contributed by atoms with Crippen LogP contribution in [0.25, 0.3) is 10.1 Å². The molecular weight excluding hydrogens is 216 g/mol. The van der Waals surface area contributed by atoms with Gasteiger partial charge < -0.3 is 0 Å². The average molecular weight is 226 g/mol. The van der Waals surface area contributed by atoms with E-state index in [1.807, 2.05) is 0 Å². The SMILES string of the molecule is CSc1csc2c(S)c(C)ccc12. The third kappa shape index (κ3) is 1.49. The van der Waals surface area contributed by atoms with Gasteiger partial charge in [0.1, 0.15) is 0 Å². The molecule has 0 aliphatic carbocycles. The fourth-order valence-corrected chi connectivity index (χ4v) is 3.58. The van der Waals surface area contributed by atoms with Crippen molar-refractivity contribution in [1.29, 1.82) is 0 Å². The predicted molar refractivity (Wildman–Crippen MR) is 65.6 cm³/mol. The summed E-state index contributed by atoms with van der Waals surface area (Å²) >= 11 is 8.10. The van der Waals surface area contributed by atoms with Crippen LogP contribution in [-0.2, 0) is 0 Å². The van der Waals surface area contributed by atoms with Crippen molar-refractivity contribution < 1.29 is 0 Å². The van der Waals surface area contributed by atoms with Gasteiger partial charge in [-0.1, -0.05) is 12.1 Å². The van der Waals surface area contributed by atoms with Crippen molar-refractivity contribution in [1.82, 2.24) is 0 Å². The summed E-state index contributed by atoms with van der Waals surface area (Å²) in [5.74, 6) is 0. The first-order chi connectivity index (χ1) is 6.24. The molecule has 0 spiro atoms. The summed E-state index contributed by atoms with van der Waals surface area (Å²) in [6.45, 7) is 2.10. The third-order valence-corrected chi connectivity index (χ3v) is 4.77. The molecule has 0 bridgehead atoms. The van der Waals surface area contributed by atoms with E-state index in [0.29, 0.717) is 0 Å². The molecule has 2 rings (SSSR count). The van der Waals surface area contributed by atoms with E-state index in [2.05, 4.69) is 43.3 Å². The molecule has 0 saturated carbocycles. The molecule has 0 aliphatic heterocycles. The lowest BCUT2D eigenvalue weighted by atomic mass is 10.2. The third-order valence-electron chi connectivity index (χ3n) is 2.10. The maximum atomic E-state index is 4.52. The number of benzene rings is 1. The van der Waals surface area contributed by atoms with Gasteiger partial charge in [-0.05, 0) is 18.7 Å². The molecule has 1 heterocycles. The Kier molecular flexibility index (Phi) is 2.58. The summed E-state index contributed by atoms with van der Waals surface area (Å²) < 4.78 is 1.31. The molecule has 0 N–H and O–H groups in total. The average Bonchev–Trinajstić information content (AvgIpc) is 2.55. The second kappa shape index (κ2) is 3.56. The Morgan fingerprint density at radius 1 is 1.38 bits per heavy atom. The molecule has 1 aromatic heterocycles. The highest BCUT2D eigenvalue weighted by atomic mass is 32.2. The van der Waals surface area contributed by atoms with E-state index in [4.69, 9.17) is 0 Å². The van der Waals surface area contributed by atoms with Crippen LogP contribution in [0, 0.1) is 6.92 Å². The van der Waals surface area contributed by atoms with Crippen LogP contribution in [0.15, 0.2) is 27.3 Å². The number of aryl methyl sites for hydroxylation is 1. The van der Waals surface area contributed by atoms with Crippen molar-refractivity contribution in [3.63, 3.8) is 0 Å². The summed E-state index contributed by atoms with van der Waals surface area (Å²) in [5, 5.41) is 3.54. The van der Waals surface area contributed by atoms with E-state index in [1.165, 1.54) is 20.5 Å². The van der Waals surface area contributed by atoms with Gasteiger partial charge in [-0.3, -0.25) is 0 Å². The Hall–Kier alpha value is -0.120. The minimum Gasteiger partial charge on any atom is -0.142 e. The van der Waals surface area contributed by atoms with Crippen molar-refractivity contribution >= 4 is 45.8 Å². The molecule has 68 valence electrons. The zero-order chi connectivity index (χ0) is 9.42. The molecule has 3 heteroatoms. The van der Waals surface area contributed by atoms with Gasteiger partial charge in [0.15, 0.2) is 0 Å². The van der Waals surface area contributed by atoms with Gasteiger partial charge >= 0.3 is 0 Å². The van der Waals surface area contributed by atoms with Gasteiger partial charge in [0, 0.05) is 25.3 Å². The molecule has 2 aromatic rings. The van der Waals surface area contributed by atoms with Crippen LogP contribution in [0.3, 0.4) is 0 Å². The van der Waals surface area contributed by atoms with E-state index in [-0.39, 0.29) is 0 Å². The lowest BCUT2D eigenvalue weighted by molar-refractivity contribution is 1.37. The molecule has 0 atom stereocenters. The van der Waals surface area contributed by atoms with Crippen LogP contribution in [0.5, 0.6) is 0 Å². The van der Waals surface area contributed by atoms with E-state index >= 15 is 0 Å². The van der Waals surface area contributed by atoms with Crippen molar-refractivity contribution in [2.45, 2.75) is 16.7 Å². The van der Waals surface area contributed by atoms with Crippen LogP contribution in [0.4, 0.5) is 0 Å². The Balaban J connectivity index is 2.81. The summed E-state index contributed by atoms with van der Waals surface area (Å²) in [7, 11) is 0. The Labute approximate surface area is 91.8 Å². The van der Waals surface area contributed by atoms with Gasteiger partial charge in [0.2, 0.25) is 0 Å². The number of thioether (sulfide) groups is 1. The van der Waals surface area contributed by atoms with Crippen molar-refractivity contribution in [3.8, 4) is 0 Å². The van der Waals surface area contributed by atoms with E-state index in [9.17, 15) is 0 Å². The standard InChI is InChI=1S/C10H10S3/c1-6-3-4-7-8(12-2)5-13-10(7)9(6)11/h3-5,11H,1-2H3. The zero-order valence-electron chi connectivity index (χ0n) is 7.50. The zero-order valence-corrected chi connectivity index (χ0v) is 10.0. The molecule has 0 radical (unpaired) electrons. The monoisotopic (exact) mass is 226 g/mol. The summed E-state index contributed by atoms with van der Waals surface area (Å²) in [6.07, 6.45) is 2.11. The van der Waals surface area contributed by atoms with Crippen LogP contribution in [0.1, 0.15) is 5.56 Å². The molecular formula is C10H10S3. The second-order valence-electron chi connectivity index (χ2n) is 2.91. The first-order valence-corrected chi connectivity index (χ1v) is 6.53. The quantitative estimate of drug-likeness (QED) is 0.561. The molecule has 0 nitrogen and oxygen atoms in total. The van der Waals surface area contributed by atoms with Crippen LogP contribution >= 0.6 is 35.7 Å². The lowest BCUT2D eigenvalue weighted by Crippen LogP contribution is -1.75. The molecule has 0 aliphatic rings. The minimum absolute atomic E-state index is 1.13. The maximum absolute atomic E-state index is 4.52. The van der Waals surface area contributed by atoms with Gasteiger partial charge in [-0.15, -0.1) is 35.7 Å². The molecule has 0 amide bonds. The first kappa shape index (κ1) is 9.44. The summed E-state index contributed by atoms with van der Waals surface area (Å²) in [5.41, 5.74) is 1.25. The fraction of sp³-hybridized carbons (Fsp3) is 0.200. The van der Waals surface area contributed by atoms with Gasteiger partial charge in [-0.2, -0.15) is 0 Å². The molecule has 0 saturated heterocycles. The van der Waals surface area contributed by atoms with Crippen LogP contribution < -0.4 is 0 Å². The van der Waals surface area contributed by atoms with E-state index in [1.54, 1.807) is 23.1 Å². The Morgan fingerprint density at radius 3 is 2.85 bits per heavy atom. The summed E-state index contributed by atoms with van der Waals surface area (Å²) in [6, 6.07) is 4.32. The molecule has 0 unspecified atom stereocenters. The highest BCUT2D eigenvalue weighted by Crippen LogP contribution is 2.36. The first-order valence-electron chi connectivity index (χ1n) is 3.98. The fourth-order valence-electron chi connectivity index (χ4n) is 1.32. The predicted octanol–water partition coefficient (Wildman–Crippen LogP) is 4.22. The Morgan fingerprint density at radius 2 is 2.15 bits per heavy atom. The summed E-state index contributed by atoms with van der Waals surface area (Å²) in [4.78, 5) is 2.48. The normalized spacial score (nSPS) is 11.0. The number of fused-ring (bicyclic) bond motifs is 1. The molecule has 13 heavy (non-hydrogen) atoms. The number of rotatable bonds is 1. The maximum Gasteiger partial charge on any atom is 0.0490 e. The lowest BCUT2D eigenvalue weighted by Gasteiger charge is -2.00. The van der Waals surface area contributed by atoms with Crippen molar-refractivity contribution in [2.24, 2.45) is 0 Å². The van der Waals surface area contributed by atoms with E-state index < -0.39 is 0 Å². The second-order valence-corrected chi connectivity index (χ2v) is 5.09. The van der Waals surface area contributed by atoms with Gasteiger partial charge in [0.25, 0.3) is 0 Å². The largest absolute Gasteiger partial charge is 0.142 e. The van der Waals surface area contributed by atoms with Crippen LogP contribution in [0.2, 0.25) is 0 Å². The number of hydrogen-bond donors (Lipinski definition) is 1. The topological polar surface area (TPSA) is 0 Å². The van der Waals surface area contributed by atoms with Crippen LogP contribution in [-0.4, -0.2) is 6.26 Å².